The summed E-state index contributed by atoms with van der Waals surface area (Å²) >= 11 is 1.69. The van der Waals surface area contributed by atoms with Crippen LogP contribution in [0.25, 0.3) is 22.3 Å². The number of rotatable bonds is 3. The first kappa shape index (κ1) is 18.8. The van der Waals surface area contributed by atoms with Gasteiger partial charge < -0.3 is 10.1 Å². The van der Waals surface area contributed by atoms with Crippen molar-refractivity contribution in [1.29, 1.82) is 0 Å². The molecule has 1 aliphatic rings. The van der Waals surface area contributed by atoms with Crippen LogP contribution in [0.15, 0.2) is 34.2 Å². The summed E-state index contributed by atoms with van der Waals surface area (Å²) in [6.07, 6.45) is 9.21. The SMILES string of the molecule is Cc1ccc(-c2cc(=NC3CCCCC3)n3nc/c(=C/c4[nH]c(=O)[nH]c4O)c3n2)s1. The topological polar surface area (TPSA) is 111 Å². The van der Waals surface area contributed by atoms with Crippen molar-refractivity contribution in [2.75, 3.05) is 0 Å². The molecule has 0 bridgehead atoms. The number of nitrogens with one attached hydrogen (secondary N) is 2. The van der Waals surface area contributed by atoms with Crippen molar-refractivity contribution < 1.29 is 5.11 Å². The van der Waals surface area contributed by atoms with E-state index in [1.807, 2.05) is 6.07 Å². The smallest absolute Gasteiger partial charge is 0.326 e. The van der Waals surface area contributed by atoms with Gasteiger partial charge in [0.2, 0.25) is 5.88 Å². The average Bonchev–Trinajstić information content (AvgIpc) is 3.42. The van der Waals surface area contributed by atoms with Gasteiger partial charge in [0.25, 0.3) is 0 Å². The molecule has 4 heterocycles. The predicted octanol–water partition coefficient (Wildman–Crippen LogP) is 2.27. The Balaban J connectivity index is 1.74. The third-order valence-corrected chi connectivity index (χ3v) is 6.42. The summed E-state index contributed by atoms with van der Waals surface area (Å²) in [6.45, 7) is 2.07. The van der Waals surface area contributed by atoms with Gasteiger partial charge in [0, 0.05) is 16.2 Å². The molecule has 4 aromatic heterocycles. The van der Waals surface area contributed by atoms with Crippen LogP contribution in [0, 0.1) is 6.92 Å². The molecule has 1 fully saturated rings. The van der Waals surface area contributed by atoms with E-state index < -0.39 is 5.69 Å². The lowest BCUT2D eigenvalue weighted by Crippen LogP contribution is -2.22. The van der Waals surface area contributed by atoms with Gasteiger partial charge >= 0.3 is 5.69 Å². The molecule has 5 rings (SSSR count). The third kappa shape index (κ3) is 3.56. The van der Waals surface area contributed by atoms with Gasteiger partial charge in [-0.15, -0.1) is 11.3 Å². The van der Waals surface area contributed by atoms with Crippen LogP contribution < -0.4 is 16.4 Å². The summed E-state index contributed by atoms with van der Waals surface area (Å²) in [6, 6.07) is 6.44. The van der Waals surface area contributed by atoms with Crippen molar-refractivity contribution in [3.8, 4) is 16.5 Å². The number of fused-ring (bicyclic) bond motifs is 1. The lowest BCUT2D eigenvalue weighted by Gasteiger charge is -2.17. The molecule has 0 aliphatic heterocycles. The van der Waals surface area contributed by atoms with Crippen LogP contribution in [-0.2, 0) is 0 Å². The van der Waals surface area contributed by atoms with Crippen molar-refractivity contribution in [3.05, 3.63) is 56.2 Å². The molecule has 8 nitrogen and oxygen atoms in total. The molecule has 0 saturated heterocycles. The molecular weight excluding hydrogens is 400 g/mol. The molecule has 1 saturated carbocycles. The molecule has 0 amide bonds. The standard InChI is InChI=1S/C21H22N6O2S/c1-12-7-8-17(30-12)15-10-18(23-14-5-3-2-4-6-14)27-19(24-15)13(11-22-27)9-16-20(28)26-21(29)25-16/h7-11,14,28H,2-6H2,1H3,(H2,25,26,29)/b13-9-,23-18?. The Morgan fingerprint density at radius 1 is 1.27 bits per heavy atom. The summed E-state index contributed by atoms with van der Waals surface area (Å²) in [7, 11) is 0. The summed E-state index contributed by atoms with van der Waals surface area (Å²) in [5.74, 6) is -0.212. The van der Waals surface area contributed by atoms with E-state index in [9.17, 15) is 9.90 Å². The quantitative estimate of drug-likeness (QED) is 0.470. The Morgan fingerprint density at radius 3 is 2.80 bits per heavy atom. The largest absolute Gasteiger partial charge is 0.493 e. The lowest BCUT2D eigenvalue weighted by molar-refractivity contribution is 0.434. The molecule has 0 radical (unpaired) electrons. The zero-order chi connectivity index (χ0) is 20.7. The Morgan fingerprint density at radius 2 is 2.10 bits per heavy atom. The van der Waals surface area contributed by atoms with E-state index in [2.05, 4.69) is 34.1 Å². The van der Waals surface area contributed by atoms with Crippen molar-refractivity contribution in [2.45, 2.75) is 45.1 Å². The molecule has 0 spiro atoms. The van der Waals surface area contributed by atoms with Crippen LogP contribution in [0.5, 0.6) is 5.88 Å². The summed E-state index contributed by atoms with van der Waals surface area (Å²) in [5.41, 5.74) is 2.08. The molecule has 0 atom stereocenters. The van der Waals surface area contributed by atoms with Crippen molar-refractivity contribution in [1.82, 2.24) is 24.6 Å². The van der Waals surface area contributed by atoms with E-state index in [-0.39, 0.29) is 5.88 Å². The normalized spacial score (nSPS) is 16.7. The number of aromatic amines is 2. The Labute approximate surface area is 175 Å². The summed E-state index contributed by atoms with van der Waals surface area (Å²) in [4.78, 5) is 28.5. The van der Waals surface area contributed by atoms with Gasteiger partial charge in [0.15, 0.2) is 11.1 Å². The third-order valence-electron chi connectivity index (χ3n) is 5.40. The number of aromatic nitrogens is 5. The highest BCUT2D eigenvalue weighted by Gasteiger charge is 2.14. The van der Waals surface area contributed by atoms with E-state index in [1.165, 1.54) is 24.1 Å². The van der Waals surface area contributed by atoms with Crippen LogP contribution in [0.4, 0.5) is 0 Å². The summed E-state index contributed by atoms with van der Waals surface area (Å²) < 4.78 is 1.74. The van der Waals surface area contributed by atoms with Gasteiger partial charge in [0.05, 0.1) is 22.8 Å². The second-order valence-electron chi connectivity index (χ2n) is 7.65. The van der Waals surface area contributed by atoms with Crippen LogP contribution in [0.1, 0.15) is 42.7 Å². The van der Waals surface area contributed by atoms with Crippen LogP contribution in [0.2, 0.25) is 0 Å². The van der Waals surface area contributed by atoms with Crippen molar-refractivity contribution in [2.24, 2.45) is 4.99 Å². The number of H-pyrrole nitrogens is 2. The molecule has 4 aromatic rings. The van der Waals surface area contributed by atoms with Gasteiger partial charge in [-0.1, -0.05) is 19.3 Å². The molecule has 30 heavy (non-hydrogen) atoms. The number of nitrogens with zero attached hydrogens (tertiary/aromatic N) is 4. The first-order valence-corrected chi connectivity index (χ1v) is 10.9. The second-order valence-corrected chi connectivity index (χ2v) is 8.94. The number of aryl methyl sites for hydroxylation is 1. The highest BCUT2D eigenvalue weighted by Crippen LogP contribution is 2.25. The van der Waals surface area contributed by atoms with Crippen LogP contribution in [-0.4, -0.2) is 35.7 Å². The van der Waals surface area contributed by atoms with E-state index in [0.717, 1.165) is 28.9 Å². The predicted molar refractivity (Wildman–Crippen MR) is 115 cm³/mol. The summed E-state index contributed by atoms with van der Waals surface area (Å²) in [5, 5.41) is 15.1. The van der Waals surface area contributed by atoms with Gasteiger partial charge in [0.1, 0.15) is 5.69 Å². The fourth-order valence-corrected chi connectivity index (χ4v) is 4.73. The van der Waals surface area contributed by atoms with Crippen molar-refractivity contribution in [3.63, 3.8) is 0 Å². The fraction of sp³-hybridized carbons (Fsp3) is 0.333. The first-order valence-electron chi connectivity index (χ1n) is 10.1. The fourth-order valence-electron chi connectivity index (χ4n) is 3.90. The van der Waals surface area contributed by atoms with Gasteiger partial charge in [-0.25, -0.2) is 9.78 Å². The first-order chi connectivity index (χ1) is 14.6. The van der Waals surface area contributed by atoms with E-state index >= 15 is 0 Å². The number of aromatic hydroxyl groups is 1. The Hall–Kier alpha value is -3.20. The van der Waals surface area contributed by atoms with E-state index in [0.29, 0.717) is 22.6 Å². The maximum absolute atomic E-state index is 11.5. The van der Waals surface area contributed by atoms with E-state index in [1.54, 1.807) is 28.1 Å². The Bertz CT molecular complexity index is 1390. The number of hydrogen-bond acceptors (Lipinski definition) is 6. The van der Waals surface area contributed by atoms with Crippen molar-refractivity contribution >= 4 is 23.1 Å². The van der Waals surface area contributed by atoms with Gasteiger partial charge in [-0.2, -0.15) is 9.61 Å². The highest BCUT2D eigenvalue weighted by atomic mass is 32.1. The molecule has 1 aliphatic carbocycles. The minimum atomic E-state index is -0.467. The van der Waals surface area contributed by atoms with Crippen LogP contribution >= 0.6 is 11.3 Å². The maximum atomic E-state index is 11.5. The molecule has 3 N–H and O–H groups in total. The monoisotopic (exact) mass is 422 g/mol. The minimum absolute atomic E-state index is 0.212. The molecule has 154 valence electrons. The highest BCUT2D eigenvalue weighted by molar-refractivity contribution is 7.15. The number of hydrogen-bond donors (Lipinski definition) is 3. The zero-order valence-corrected chi connectivity index (χ0v) is 17.4. The molecule has 0 aromatic carbocycles. The maximum Gasteiger partial charge on any atom is 0.326 e. The number of imidazole rings is 1. The van der Waals surface area contributed by atoms with Crippen LogP contribution in [0.3, 0.4) is 0 Å². The Kier molecular flexibility index (Phi) is 4.74. The molecular formula is C21H22N6O2S. The van der Waals surface area contributed by atoms with Gasteiger partial charge in [-0.3, -0.25) is 9.98 Å². The molecule has 9 heteroatoms. The molecule has 0 unspecified atom stereocenters. The lowest BCUT2D eigenvalue weighted by atomic mass is 9.96. The zero-order valence-electron chi connectivity index (χ0n) is 16.6. The number of thiophene rings is 1. The average molecular weight is 423 g/mol. The van der Waals surface area contributed by atoms with E-state index in [4.69, 9.17) is 9.98 Å². The minimum Gasteiger partial charge on any atom is -0.493 e. The van der Waals surface area contributed by atoms with Gasteiger partial charge in [-0.05, 0) is 38.0 Å². The second kappa shape index (κ2) is 7.56.